The van der Waals surface area contributed by atoms with Crippen molar-refractivity contribution in [1.82, 2.24) is 19.3 Å². The van der Waals surface area contributed by atoms with Gasteiger partial charge < -0.3 is 10.3 Å². The molecule has 0 saturated heterocycles. The number of hydrogen-bond donors (Lipinski definition) is 1. The first-order valence-electron chi connectivity index (χ1n) is 7.40. The number of fused-ring (bicyclic) bond motifs is 1. The lowest BCUT2D eigenvalue weighted by Crippen LogP contribution is -2.07. The lowest BCUT2D eigenvalue weighted by Gasteiger charge is -2.12. The van der Waals surface area contributed by atoms with E-state index in [9.17, 15) is 17.6 Å². The summed E-state index contributed by atoms with van der Waals surface area (Å²) in [4.78, 5) is 4.18. The van der Waals surface area contributed by atoms with E-state index >= 15 is 0 Å². The van der Waals surface area contributed by atoms with Gasteiger partial charge in [0.2, 0.25) is 0 Å². The number of allylic oxidation sites excluding steroid dienone is 1. The number of hydrogen-bond acceptors (Lipinski definition) is 3. The Labute approximate surface area is 152 Å². The Kier molecular flexibility index (Phi) is 5.72. The number of halogens is 5. The van der Waals surface area contributed by atoms with Crippen molar-refractivity contribution in [3.8, 4) is 11.3 Å². The number of benzene rings is 1. The number of nitrogens with two attached hydrogens (primary N) is 1. The molecular weight excluding hydrogens is 374 g/mol. The van der Waals surface area contributed by atoms with Crippen molar-refractivity contribution in [2.24, 2.45) is 12.8 Å². The van der Waals surface area contributed by atoms with E-state index in [4.69, 9.17) is 5.73 Å². The third-order valence-corrected chi connectivity index (χ3v) is 3.81. The van der Waals surface area contributed by atoms with Crippen LogP contribution < -0.4 is 5.73 Å². The van der Waals surface area contributed by atoms with Gasteiger partial charge in [0.25, 0.3) is 0 Å². The Morgan fingerprint density at radius 3 is 2.62 bits per heavy atom. The molecule has 2 heterocycles. The topological polar surface area (TPSA) is 61.7 Å². The molecule has 0 saturated carbocycles. The highest BCUT2D eigenvalue weighted by Crippen LogP contribution is 2.36. The van der Waals surface area contributed by atoms with Crippen LogP contribution in [0.4, 0.5) is 17.6 Å². The first-order chi connectivity index (χ1) is 11.8. The van der Waals surface area contributed by atoms with Gasteiger partial charge in [-0.05, 0) is 24.3 Å². The van der Waals surface area contributed by atoms with Gasteiger partial charge in [-0.1, -0.05) is 0 Å². The summed E-state index contributed by atoms with van der Waals surface area (Å²) in [5, 5.41) is 3.99. The molecule has 3 rings (SSSR count). The van der Waals surface area contributed by atoms with Crippen molar-refractivity contribution in [3.05, 3.63) is 48.2 Å². The van der Waals surface area contributed by atoms with Crippen molar-refractivity contribution in [1.29, 1.82) is 0 Å². The molecule has 5 nitrogen and oxygen atoms in total. The maximum Gasteiger partial charge on any atom is 0.416 e. The molecular formula is C16H16ClF4N5. The second-order valence-electron chi connectivity index (χ2n) is 5.49. The first-order valence-corrected chi connectivity index (χ1v) is 7.40. The zero-order valence-electron chi connectivity index (χ0n) is 13.7. The van der Waals surface area contributed by atoms with Gasteiger partial charge in [-0.15, -0.1) is 12.4 Å². The van der Waals surface area contributed by atoms with Crippen LogP contribution in [0.3, 0.4) is 0 Å². The molecule has 0 fully saturated rings. The van der Waals surface area contributed by atoms with Crippen molar-refractivity contribution < 1.29 is 17.6 Å². The zero-order valence-corrected chi connectivity index (χ0v) is 14.5. The van der Waals surface area contributed by atoms with E-state index in [0.717, 1.165) is 12.1 Å². The maximum atomic E-state index is 13.8. The van der Waals surface area contributed by atoms with E-state index in [2.05, 4.69) is 10.1 Å². The summed E-state index contributed by atoms with van der Waals surface area (Å²) in [6, 6.07) is 3.60. The lowest BCUT2D eigenvalue weighted by molar-refractivity contribution is -0.137. The monoisotopic (exact) mass is 389 g/mol. The van der Waals surface area contributed by atoms with Gasteiger partial charge in [0.05, 0.1) is 35.2 Å². The molecule has 0 aliphatic carbocycles. The van der Waals surface area contributed by atoms with Crippen molar-refractivity contribution >= 4 is 23.4 Å². The molecule has 0 bridgehead atoms. The van der Waals surface area contributed by atoms with Gasteiger partial charge in [0, 0.05) is 25.4 Å². The molecule has 1 aromatic carbocycles. The molecule has 0 radical (unpaired) electrons. The molecule has 140 valence electrons. The third-order valence-electron chi connectivity index (χ3n) is 3.81. The van der Waals surface area contributed by atoms with Gasteiger partial charge in [0.1, 0.15) is 5.83 Å². The minimum Gasteiger partial charge on any atom is -0.327 e. The Morgan fingerprint density at radius 1 is 1.31 bits per heavy atom. The Bertz CT molecular complexity index is 942. The standard InChI is InChI=1S/C16H15F4N5.ClH/c1-24-13(3-5-23-24)12-6-10(16(18,19)20)7-14-15(12)22-9-25(14)8-11(17)2-4-21;/h2-3,5-7,9H,4,8,21H2,1H3;1H/b11-2-;. The van der Waals surface area contributed by atoms with E-state index < -0.39 is 17.6 Å². The largest absolute Gasteiger partial charge is 0.416 e. The summed E-state index contributed by atoms with van der Waals surface area (Å²) in [5.41, 5.74) is 5.73. The second-order valence-corrected chi connectivity index (χ2v) is 5.49. The van der Waals surface area contributed by atoms with E-state index in [1.54, 1.807) is 13.1 Å². The van der Waals surface area contributed by atoms with Crippen LogP contribution in [0.25, 0.3) is 22.3 Å². The van der Waals surface area contributed by atoms with Crippen molar-refractivity contribution in [3.63, 3.8) is 0 Å². The van der Waals surface area contributed by atoms with Crippen LogP contribution >= 0.6 is 12.4 Å². The summed E-state index contributed by atoms with van der Waals surface area (Å²) in [6.07, 6.45) is -0.569. The van der Waals surface area contributed by atoms with Gasteiger partial charge in [-0.2, -0.15) is 18.3 Å². The van der Waals surface area contributed by atoms with Crippen LogP contribution in [-0.4, -0.2) is 25.9 Å². The molecule has 26 heavy (non-hydrogen) atoms. The predicted octanol–water partition coefficient (Wildman–Crippen LogP) is 3.69. The summed E-state index contributed by atoms with van der Waals surface area (Å²) < 4.78 is 56.5. The molecule has 0 aliphatic rings. The summed E-state index contributed by atoms with van der Waals surface area (Å²) in [7, 11) is 1.63. The normalized spacial score (nSPS) is 12.5. The third kappa shape index (κ3) is 3.73. The van der Waals surface area contributed by atoms with Gasteiger partial charge in [-0.25, -0.2) is 9.37 Å². The summed E-state index contributed by atoms with van der Waals surface area (Å²) >= 11 is 0. The Hall–Kier alpha value is -2.39. The zero-order chi connectivity index (χ0) is 18.2. The highest BCUT2D eigenvalue weighted by molar-refractivity contribution is 5.92. The fraction of sp³-hybridized carbons (Fsp3) is 0.250. The Balaban J connectivity index is 0.00000243. The molecule has 3 aromatic rings. The summed E-state index contributed by atoms with van der Waals surface area (Å²) in [5.74, 6) is -0.540. The van der Waals surface area contributed by atoms with Crippen LogP contribution in [0.15, 0.2) is 42.6 Å². The molecule has 0 aliphatic heterocycles. The average Bonchev–Trinajstić information content (AvgIpc) is 3.12. The smallest absolute Gasteiger partial charge is 0.327 e. The minimum atomic E-state index is -4.54. The van der Waals surface area contributed by atoms with Gasteiger partial charge >= 0.3 is 6.18 Å². The van der Waals surface area contributed by atoms with Crippen molar-refractivity contribution in [2.45, 2.75) is 12.7 Å². The number of aryl methyl sites for hydroxylation is 1. The van der Waals surface area contributed by atoms with Crippen LogP contribution in [0.1, 0.15) is 5.56 Å². The lowest BCUT2D eigenvalue weighted by atomic mass is 10.1. The quantitative estimate of drug-likeness (QED) is 0.692. The fourth-order valence-electron chi connectivity index (χ4n) is 2.64. The molecule has 0 atom stereocenters. The highest BCUT2D eigenvalue weighted by atomic mass is 35.5. The second kappa shape index (κ2) is 7.46. The molecule has 0 spiro atoms. The van der Waals surface area contributed by atoms with E-state index in [-0.39, 0.29) is 36.6 Å². The number of imidazole rings is 1. The maximum absolute atomic E-state index is 13.8. The highest BCUT2D eigenvalue weighted by Gasteiger charge is 2.32. The average molecular weight is 390 g/mol. The molecule has 0 unspecified atom stereocenters. The van der Waals surface area contributed by atoms with Crippen LogP contribution in [0.2, 0.25) is 0 Å². The van der Waals surface area contributed by atoms with Crippen molar-refractivity contribution in [2.75, 3.05) is 6.54 Å². The molecule has 2 N–H and O–H groups in total. The SMILES string of the molecule is Cl.Cn1nccc1-c1cc(C(F)(F)F)cc2c1ncn2C/C(F)=C/CN. The molecule has 10 heteroatoms. The van der Waals surface area contributed by atoms with E-state index in [1.807, 2.05) is 0 Å². The van der Waals surface area contributed by atoms with E-state index in [1.165, 1.54) is 27.8 Å². The number of rotatable bonds is 4. The Morgan fingerprint density at radius 2 is 2.04 bits per heavy atom. The van der Waals surface area contributed by atoms with Gasteiger partial charge in [-0.3, -0.25) is 4.68 Å². The minimum absolute atomic E-state index is 0. The van der Waals surface area contributed by atoms with Crippen LogP contribution in [-0.2, 0) is 19.8 Å². The molecule has 2 aromatic heterocycles. The molecule has 0 amide bonds. The number of aromatic nitrogens is 4. The van der Waals surface area contributed by atoms with E-state index in [0.29, 0.717) is 11.2 Å². The predicted molar refractivity (Wildman–Crippen MR) is 92.4 cm³/mol. The van der Waals surface area contributed by atoms with Crippen LogP contribution in [0, 0.1) is 0 Å². The number of alkyl halides is 3. The summed E-state index contributed by atoms with van der Waals surface area (Å²) in [6.45, 7) is -0.230. The van der Waals surface area contributed by atoms with Gasteiger partial charge in [0.15, 0.2) is 0 Å². The number of nitrogens with zero attached hydrogens (tertiary/aromatic N) is 4. The first kappa shape index (κ1) is 19.9. The van der Waals surface area contributed by atoms with Crippen LogP contribution in [0.5, 0.6) is 0 Å². The fourth-order valence-corrected chi connectivity index (χ4v) is 2.64.